The Hall–Kier alpha value is -2.18. The molecule has 2 saturated carbocycles. The van der Waals surface area contributed by atoms with Crippen LogP contribution in [0.4, 0.5) is 5.82 Å². The van der Waals surface area contributed by atoms with Crippen molar-refractivity contribution >= 4 is 44.9 Å². The standard InChI is InChI=1S/C21H21ClN4OS/c1-23-18-6-12(4-5-24-18)19(27)25-15-10-21(11-15)8-13(9-21)20-26-16-7-14(22)2-3-17(16)28-20/h2-7,13,15H,8-11H2,1H3,(H,23,24)(H,25,27). The van der Waals surface area contributed by atoms with Crippen LogP contribution in [0.2, 0.25) is 5.02 Å². The van der Waals surface area contributed by atoms with Gasteiger partial charge in [-0.15, -0.1) is 11.3 Å². The van der Waals surface area contributed by atoms with Crippen LogP contribution >= 0.6 is 22.9 Å². The maximum atomic E-state index is 12.5. The van der Waals surface area contributed by atoms with Crippen LogP contribution in [0.15, 0.2) is 36.5 Å². The lowest BCUT2D eigenvalue weighted by Crippen LogP contribution is -2.55. The second kappa shape index (κ2) is 6.71. The molecule has 7 heteroatoms. The highest BCUT2D eigenvalue weighted by Crippen LogP contribution is 2.62. The zero-order chi connectivity index (χ0) is 19.3. The molecule has 2 aromatic heterocycles. The van der Waals surface area contributed by atoms with Crippen LogP contribution in [0.3, 0.4) is 0 Å². The number of hydrogen-bond acceptors (Lipinski definition) is 5. The summed E-state index contributed by atoms with van der Waals surface area (Å²) in [4.78, 5) is 21.4. The molecule has 28 heavy (non-hydrogen) atoms. The summed E-state index contributed by atoms with van der Waals surface area (Å²) in [7, 11) is 1.80. The van der Waals surface area contributed by atoms with Crippen molar-refractivity contribution in [2.45, 2.75) is 37.6 Å². The van der Waals surface area contributed by atoms with Crippen molar-refractivity contribution in [3.63, 3.8) is 0 Å². The summed E-state index contributed by atoms with van der Waals surface area (Å²) in [6, 6.07) is 9.73. The molecule has 3 aromatic rings. The molecule has 1 spiro atoms. The summed E-state index contributed by atoms with van der Waals surface area (Å²) >= 11 is 7.86. The van der Waals surface area contributed by atoms with E-state index in [0.717, 1.165) is 23.4 Å². The predicted molar refractivity (Wildman–Crippen MR) is 113 cm³/mol. The van der Waals surface area contributed by atoms with E-state index in [1.807, 2.05) is 12.1 Å². The highest BCUT2D eigenvalue weighted by atomic mass is 35.5. The van der Waals surface area contributed by atoms with Gasteiger partial charge in [0.15, 0.2) is 0 Å². The van der Waals surface area contributed by atoms with Crippen LogP contribution < -0.4 is 10.6 Å². The third-order valence-corrected chi connectivity index (χ3v) is 7.48. The molecule has 5 rings (SSSR count). The highest BCUT2D eigenvalue weighted by Gasteiger charge is 2.54. The fourth-order valence-electron chi connectivity index (χ4n) is 4.65. The number of hydrogen-bond donors (Lipinski definition) is 2. The van der Waals surface area contributed by atoms with E-state index in [2.05, 4.69) is 21.7 Å². The lowest BCUT2D eigenvalue weighted by atomic mass is 9.50. The Kier molecular flexibility index (Phi) is 4.29. The summed E-state index contributed by atoms with van der Waals surface area (Å²) in [6.45, 7) is 0. The molecule has 2 aliphatic carbocycles. The van der Waals surface area contributed by atoms with Crippen molar-refractivity contribution in [1.29, 1.82) is 0 Å². The van der Waals surface area contributed by atoms with Gasteiger partial charge in [-0.1, -0.05) is 11.6 Å². The Bertz CT molecular complexity index is 1050. The summed E-state index contributed by atoms with van der Waals surface area (Å²) < 4.78 is 1.21. The van der Waals surface area contributed by atoms with Crippen LogP contribution in [0.1, 0.15) is 47.0 Å². The Balaban J connectivity index is 1.17. The predicted octanol–water partition coefficient (Wildman–Crippen LogP) is 4.84. The van der Waals surface area contributed by atoms with Gasteiger partial charge < -0.3 is 10.6 Å². The first-order chi connectivity index (χ1) is 13.5. The van der Waals surface area contributed by atoms with Gasteiger partial charge in [-0.05, 0) is 61.4 Å². The number of nitrogens with one attached hydrogen (secondary N) is 2. The number of carbonyl (C=O) groups excluding carboxylic acids is 1. The molecule has 0 atom stereocenters. The third kappa shape index (κ3) is 3.14. The molecule has 1 amide bonds. The number of nitrogens with zero attached hydrogens (tertiary/aromatic N) is 2. The first-order valence-electron chi connectivity index (χ1n) is 9.54. The molecule has 5 nitrogen and oxygen atoms in total. The minimum absolute atomic E-state index is 0.0160. The molecular weight excluding hydrogens is 392 g/mol. The fraction of sp³-hybridized carbons (Fsp3) is 0.381. The van der Waals surface area contributed by atoms with Crippen molar-refractivity contribution in [2.75, 3.05) is 12.4 Å². The summed E-state index contributed by atoms with van der Waals surface area (Å²) in [6.07, 6.45) is 6.13. The molecule has 2 N–H and O–H groups in total. The van der Waals surface area contributed by atoms with Crippen LogP contribution in [0, 0.1) is 5.41 Å². The van der Waals surface area contributed by atoms with Crippen molar-refractivity contribution in [3.8, 4) is 0 Å². The number of fused-ring (bicyclic) bond motifs is 1. The maximum absolute atomic E-state index is 12.5. The number of thiazole rings is 1. The number of carbonyl (C=O) groups is 1. The van der Waals surface area contributed by atoms with Gasteiger partial charge in [0.2, 0.25) is 0 Å². The van der Waals surface area contributed by atoms with E-state index in [9.17, 15) is 4.79 Å². The fourth-order valence-corrected chi connectivity index (χ4v) is 5.87. The van der Waals surface area contributed by atoms with Crippen molar-refractivity contribution in [2.24, 2.45) is 5.41 Å². The smallest absolute Gasteiger partial charge is 0.251 e. The molecule has 144 valence electrons. The largest absolute Gasteiger partial charge is 0.373 e. The normalized spacial score (nSPS) is 25.9. The molecule has 0 aliphatic heterocycles. The van der Waals surface area contributed by atoms with E-state index in [1.165, 1.54) is 22.5 Å². The number of halogens is 1. The van der Waals surface area contributed by atoms with Crippen LogP contribution in [-0.2, 0) is 0 Å². The zero-order valence-electron chi connectivity index (χ0n) is 15.5. The monoisotopic (exact) mass is 412 g/mol. The number of rotatable bonds is 4. The first-order valence-corrected chi connectivity index (χ1v) is 10.7. The van der Waals surface area contributed by atoms with E-state index in [4.69, 9.17) is 16.6 Å². The van der Waals surface area contributed by atoms with Crippen molar-refractivity contribution < 1.29 is 4.79 Å². The Morgan fingerprint density at radius 2 is 2.04 bits per heavy atom. The van der Waals surface area contributed by atoms with Gasteiger partial charge in [0.1, 0.15) is 5.82 Å². The molecule has 0 saturated heterocycles. The molecule has 0 unspecified atom stereocenters. The second-order valence-electron chi connectivity index (χ2n) is 8.03. The Morgan fingerprint density at radius 3 is 2.82 bits per heavy atom. The summed E-state index contributed by atoms with van der Waals surface area (Å²) in [5.41, 5.74) is 2.05. The van der Waals surface area contributed by atoms with Gasteiger partial charge in [-0.3, -0.25) is 4.79 Å². The van der Waals surface area contributed by atoms with E-state index >= 15 is 0 Å². The van der Waals surface area contributed by atoms with Crippen LogP contribution in [-0.4, -0.2) is 29.0 Å². The topological polar surface area (TPSA) is 66.9 Å². The Morgan fingerprint density at radius 1 is 1.21 bits per heavy atom. The average molecular weight is 413 g/mol. The zero-order valence-corrected chi connectivity index (χ0v) is 17.1. The van der Waals surface area contributed by atoms with Crippen molar-refractivity contribution in [3.05, 3.63) is 52.1 Å². The second-order valence-corrected chi connectivity index (χ2v) is 9.53. The van der Waals surface area contributed by atoms with E-state index < -0.39 is 0 Å². The van der Waals surface area contributed by atoms with Gasteiger partial charge in [-0.25, -0.2) is 9.97 Å². The van der Waals surface area contributed by atoms with Gasteiger partial charge in [0, 0.05) is 35.8 Å². The Labute approximate surface area is 172 Å². The quantitative estimate of drug-likeness (QED) is 0.643. The number of benzene rings is 1. The minimum Gasteiger partial charge on any atom is -0.373 e. The maximum Gasteiger partial charge on any atom is 0.251 e. The average Bonchev–Trinajstić information content (AvgIpc) is 3.04. The number of aromatic nitrogens is 2. The number of anilines is 1. The summed E-state index contributed by atoms with van der Waals surface area (Å²) in [5, 5.41) is 8.10. The van der Waals surface area contributed by atoms with Crippen LogP contribution in [0.25, 0.3) is 10.2 Å². The highest BCUT2D eigenvalue weighted by molar-refractivity contribution is 7.18. The van der Waals surface area contributed by atoms with Crippen LogP contribution in [0.5, 0.6) is 0 Å². The molecule has 0 radical (unpaired) electrons. The first kappa shape index (κ1) is 17.9. The molecule has 1 aromatic carbocycles. The lowest BCUT2D eigenvalue weighted by Gasteiger charge is -2.57. The molecular formula is C21H21ClN4OS. The van der Waals surface area contributed by atoms with Gasteiger partial charge >= 0.3 is 0 Å². The van der Waals surface area contributed by atoms with Gasteiger partial charge in [0.25, 0.3) is 5.91 Å². The van der Waals surface area contributed by atoms with Gasteiger partial charge in [0.05, 0.1) is 15.2 Å². The minimum atomic E-state index is -0.0160. The third-order valence-electron chi connectivity index (χ3n) is 6.05. The number of amides is 1. The summed E-state index contributed by atoms with van der Waals surface area (Å²) in [5.74, 6) is 1.24. The van der Waals surface area contributed by atoms with Crippen molar-refractivity contribution in [1.82, 2.24) is 15.3 Å². The molecule has 0 bridgehead atoms. The van der Waals surface area contributed by atoms with Gasteiger partial charge in [-0.2, -0.15) is 0 Å². The molecule has 2 heterocycles. The molecule has 2 fully saturated rings. The molecule has 2 aliphatic rings. The van der Waals surface area contributed by atoms with E-state index in [-0.39, 0.29) is 11.9 Å². The SMILES string of the molecule is CNc1cc(C(=O)NC2CC3(C2)CC(c2nc4cc(Cl)ccc4s2)C3)ccn1. The lowest BCUT2D eigenvalue weighted by molar-refractivity contribution is -0.0187. The number of pyridine rings is 1. The van der Waals surface area contributed by atoms with E-state index in [1.54, 1.807) is 36.7 Å². The van der Waals surface area contributed by atoms with E-state index in [0.29, 0.717) is 22.7 Å².